The van der Waals surface area contributed by atoms with Gasteiger partial charge < -0.3 is 4.74 Å². The van der Waals surface area contributed by atoms with Gasteiger partial charge in [0.1, 0.15) is 0 Å². The fraction of sp³-hybridized carbons (Fsp3) is 0.625. The predicted molar refractivity (Wildman–Crippen MR) is 72.0 cm³/mol. The van der Waals surface area contributed by atoms with Gasteiger partial charge in [0.2, 0.25) is 0 Å². The van der Waals surface area contributed by atoms with Gasteiger partial charge in [-0.3, -0.25) is 4.90 Å². The van der Waals surface area contributed by atoms with Crippen molar-refractivity contribution < 1.29 is 17.9 Å². The normalized spacial score (nSPS) is 29.9. The lowest BCUT2D eigenvalue weighted by Crippen LogP contribution is -2.39. The Balaban J connectivity index is 1.66. The van der Waals surface area contributed by atoms with Gasteiger partial charge in [0.05, 0.1) is 18.3 Å². The van der Waals surface area contributed by atoms with E-state index in [-0.39, 0.29) is 18.6 Å². The lowest BCUT2D eigenvalue weighted by atomic mass is 9.87. The van der Waals surface area contributed by atoms with Crippen LogP contribution in [0.5, 0.6) is 0 Å². The molecule has 0 aromatic heterocycles. The van der Waals surface area contributed by atoms with E-state index in [1.165, 1.54) is 31.4 Å². The predicted octanol–water partition coefficient (Wildman–Crippen LogP) is 3.56. The van der Waals surface area contributed by atoms with Crippen LogP contribution in [0, 0.1) is 0 Å². The highest BCUT2D eigenvalue weighted by Gasteiger charge is 2.44. The van der Waals surface area contributed by atoms with E-state index in [1.54, 1.807) is 0 Å². The van der Waals surface area contributed by atoms with E-state index in [1.807, 2.05) is 6.07 Å². The average Bonchev–Trinajstić information content (AvgIpc) is 2.78. The van der Waals surface area contributed by atoms with Gasteiger partial charge in [-0.2, -0.15) is 13.2 Å². The van der Waals surface area contributed by atoms with E-state index < -0.39 is 11.7 Å². The Morgan fingerprint density at radius 3 is 2.62 bits per heavy atom. The minimum Gasteiger partial charge on any atom is -0.371 e. The monoisotopic (exact) mass is 297 g/mol. The van der Waals surface area contributed by atoms with Gasteiger partial charge in [-0.15, -0.1) is 0 Å². The Hall–Kier alpha value is -1.07. The number of benzene rings is 1. The molecule has 1 saturated heterocycles. The number of halogens is 3. The molecule has 0 spiro atoms. The molecule has 114 valence electrons. The van der Waals surface area contributed by atoms with Crippen molar-refractivity contribution in [2.45, 2.75) is 50.1 Å². The lowest BCUT2D eigenvalue weighted by molar-refractivity contribution is -0.139. The van der Waals surface area contributed by atoms with Crippen LogP contribution in [0.1, 0.15) is 41.9 Å². The number of rotatable bonds is 1. The summed E-state index contributed by atoms with van der Waals surface area (Å²) in [6.45, 7) is 1.79. The first-order chi connectivity index (χ1) is 10.0. The highest BCUT2D eigenvalue weighted by Crippen LogP contribution is 2.43. The van der Waals surface area contributed by atoms with Gasteiger partial charge in [0.15, 0.2) is 0 Å². The van der Waals surface area contributed by atoms with Crippen LogP contribution in [-0.2, 0) is 17.5 Å². The molecule has 1 aromatic rings. The lowest BCUT2D eigenvalue weighted by Gasteiger charge is -2.34. The van der Waals surface area contributed by atoms with Gasteiger partial charge >= 0.3 is 6.18 Å². The molecule has 5 heteroatoms. The van der Waals surface area contributed by atoms with Crippen molar-refractivity contribution in [3.05, 3.63) is 34.9 Å². The molecule has 0 radical (unpaired) electrons. The molecular weight excluding hydrogens is 279 g/mol. The van der Waals surface area contributed by atoms with Crippen molar-refractivity contribution in [2.24, 2.45) is 0 Å². The van der Waals surface area contributed by atoms with Crippen LogP contribution in [-0.4, -0.2) is 30.1 Å². The fourth-order valence-corrected chi connectivity index (χ4v) is 3.89. The maximum atomic E-state index is 13.1. The third-order valence-corrected chi connectivity index (χ3v) is 5.24. The second kappa shape index (κ2) is 4.71. The summed E-state index contributed by atoms with van der Waals surface area (Å²) in [5.74, 6) is 0.0941. The van der Waals surface area contributed by atoms with E-state index in [4.69, 9.17) is 4.74 Å². The molecule has 0 amide bonds. The summed E-state index contributed by atoms with van der Waals surface area (Å²) in [6, 6.07) is 5.18. The number of hydrogen-bond donors (Lipinski definition) is 0. The van der Waals surface area contributed by atoms with Crippen molar-refractivity contribution in [3.8, 4) is 0 Å². The van der Waals surface area contributed by atoms with E-state index in [0.717, 1.165) is 18.7 Å². The molecule has 1 saturated carbocycles. The summed E-state index contributed by atoms with van der Waals surface area (Å²) < 4.78 is 45.1. The fourth-order valence-electron chi connectivity index (χ4n) is 3.89. The summed E-state index contributed by atoms with van der Waals surface area (Å²) >= 11 is 0. The second-order valence-corrected chi connectivity index (χ2v) is 6.37. The summed E-state index contributed by atoms with van der Waals surface area (Å²) in [7, 11) is 0. The summed E-state index contributed by atoms with van der Waals surface area (Å²) in [5.41, 5.74) is 0.671. The zero-order valence-electron chi connectivity index (χ0n) is 11.7. The molecule has 2 aliphatic heterocycles. The number of ether oxygens (including phenoxy) is 1. The van der Waals surface area contributed by atoms with Crippen LogP contribution in [0.15, 0.2) is 18.2 Å². The highest BCUT2D eigenvalue weighted by molar-refractivity contribution is 5.41. The molecule has 1 aromatic carbocycles. The average molecular weight is 297 g/mol. The van der Waals surface area contributed by atoms with E-state index in [0.29, 0.717) is 11.6 Å². The van der Waals surface area contributed by atoms with Crippen LogP contribution in [0.4, 0.5) is 13.2 Å². The molecule has 4 rings (SSSR count). The molecule has 2 atom stereocenters. The first-order valence-electron chi connectivity index (χ1n) is 7.58. The number of likely N-dealkylation sites (tertiary alicyclic amines) is 1. The Bertz CT molecular complexity index is 553. The Labute approximate surface area is 121 Å². The number of alkyl halides is 3. The molecule has 2 heterocycles. The highest BCUT2D eigenvalue weighted by atomic mass is 19.4. The molecule has 2 fully saturated rings. The third kappa shape index (κ3) is 2.18. The first-order valence-corrected chi connectivity index (χ1v) is 7.58. The van der Waals surface area contributed by atoms with Gasteiger partial charge in [-0.05, 0) is 30.0 Å². The zero-order valence-corrected chi connectivity index (χ0v) is 11.7. The van der Waals surface area contributed by atoms with Crippen LogP contribution in [0.25, 0.3) is 0 Å². The van der Waals surface area contributed by atoms with Crippen LogP contribution < -0.4 is 0 Å². The quantitative estimate of drug-likeness (QED) is 0.786. The Morgan fingerprint density at radius 2 is 1.95 bits per heavy atom. The topological polar surface area (TPSA) is 12.5 Å². The minimum atomic E-state index is -4.30. The largest absolute Gasteiger partial charge is 0.416 e. The number of fused-ring (bicyclic) bond motifs is 3. The van der Waals surface area contributed by atoms with Crippen LogP contribution in [0.2, 0.25) is 0 Å². The Morgan fingerprint density at radius 1 is 1.14 bits per heavy atom. The summed E-state index contributed by atoms with van der Waals surface area (Å²) in [5, 5.41) is 0. The van der Waals surface area contributed by atoms with Crippen molar-refractivity contribution in [3.63, 3.8) is 0 Å². The van der Waals surface area contributed by atoms with Crippen molar-refractivity contribution in [1.29, 1.82) is 0 Å². The standard InChI is InChI=1S/C16H18F3NO/c17-16(18,19)14-6-2-5-11-12-7-20(10-3-1-4-10)8-15(12)21-9-13(11)14/h2,5-6,10,12,15H,1,3-4,7-9H2/t12-,15-/m0/s1. The number of hydrogen-bond acceptors (Lipinski definition) is 2. The maximum absolute atomic E-state index is 13.1. The van der Waals surface area contributed by atoms with Gasteiger partial charge in [-0.25, -0.2) is 0 Å². The maximum Gasteiger partial charge on any atom is 0.416 e. The number of nitrogens with zero attached hydrogens (tertiary/aromatic N) is 1. The van der Waals surface area contributed by atoms with Crippen LogP contribution >= 0.6 is 0 Å². The van der Waals surface area contributed by atoms with Gasteiger partial charge in [0, 0.05) is 25.0 Å². The summed E-state index contributed by atoms with van der Waals surface area (Å²) in [4.78, 5) is 2.41. The SMILES string of the molecule is FC(F)(F)c1cccc2c1CO[C@H]1CN(C3CCC3)C[C@@H]21. The molecule has 0 unspecified atom stereocenters. The van der Waals surface area contributed by atoms with Crippen molar-refractivity contribution >= 4 is 0 Å². The summed E-state index contributed by atoms with van der Waals surface area (Å²) in [6.07, 6.45) is -0.536. The molecule has 2 nitrogen and oxygen atoms in total. The second-order valence-electron chi connectivity index (χ2n) is 6.37. The zero-order chi connectivity index (χ0) is 14.6. The first kappa shape index (κ1) is 13.6. The molecular formula is C16H18F3NO. The van der Waals surface area contributed by atoms with Crippen LogP contribution in [0.3, 0.4) is 0 Å². The third-order valence-electron chi connectivity index (χ3n) is 5.24. The molecule has 3 aliphatic rings. The molecule has 0 bridgehead atoms. The smallest absolute Gasteiger partial charge is 0.371 e. The Kier molecular flexibility index (Phi) is 3.05. The van der Waals surface area contributed by atoms with E-state index in [2.05, 4.69) is 4.90 Å². The molecule has 1 aliphatic carbocycles. The van der Waals surface area contributed by atoms with Crippen molar-refractivity contribution in [1.82, 2.24) is 4.90 Å². The van der Waals surface area contributed by atoms with Crippen molar-refractivity contribution in [2.75, 3.05) is 13.1 Å². The van der Waals surface area contributed by atoms with Gasteiger partial charge in [0.25, 0.3) is 0 Å². The van der Waals surface area contributed by atoms with E-state index in [9.17, 15) is 13.2 Å². The molecule has 0 N–H and O–H groups in total. The minimum absolute atomic E-state index is 0.0570. The van der Waals surface area contributed by atoms with E-state index >= 15 is 0 Å². The molecule has 21 heavy (non-hydrogen) atoms. The van der Waals surface area contributed by atoms with Gasteiger partial charge in [-0.1, -0.05) is 18.6 Å².